The first-order chi connectivity index (χ1) is 7.09. The number of ether oxygens (including phenoxy) is 1. The molecule has 1 aromatic carbocycles. The Bertz CT molecular complexity index is 302. The summed E-state index contributed by atoms with van der Waals surface area (Å²) in [5, 5.41) is 9.56. The Kier molecular flexibility index (Phi) is 4.39. The molecule has 0 bridgehead atoms. The van der Waals surface area contributed by atoms with Crippen LogP contribution in [0.2, 0.25) is 0 Å². The summed E-state index contributed by atoms with van der Waals surface area (Å²) < 4.78 is 5.40. The molecule has 0 amide bonds. The van der Waals surface area contributed by atoms with Crippen molar-refractivity contribution in [2.45, 2.75) is 6.10 Å². The number of hydrogen-bond donors (Lipinski definition) is 2. The average molecular weight is 210 g/mol. The molecule has 0 saturated heterocycles. The predicted molar refractivity (Wildman–Crippen MR) is 60.9 cm³/mol. The van der Waals surface area contributed by atoms with Gasteiger partial charge in [0.05, 0.1) is 5.69 Å². The van der Waals surface area contributed by atoms with Crippen LogP contribution in [0.1, 0.15) is 0 Å². The molecule has 4 heteroatoms. The standard InChI is InChI=1S/C11H18N2O2/c1-13(2)7-9(14)8-15-11-6-4-3-5-10(11)12/h3-6,9,14H,7-8,12H2,1-2H3/t9-/m1/s1. The molecule has 4 nitrogen and oxygen atoms in total. The first kappa shape index (κ1) is 11.8. The number of nitrogen functional groups attached to an aromatic ring is 1. The summed E-state index contributed by atoms with van der Waals surface area (Å²) in [4.78, 5) is 1.91. The molecule has 0 radical (unpaired) electrons. The molecule has 0 heterocycles. The minimum absolute atomic E-state index is 0.256. The van der Waals surface area contributed by atoms with Gasteiger partial charge in [-0.3, -0.25) is 0 Å². The Balaban J connectivity index is 2.40. The fourth-order valence-electron chi connectivity index (χ4n) is 1.27. The van der Waals surface area contributed by atoms with Crippen molar-refractivity contribution >= 4 is 5.69 Å². The number of aliphatic hydroxyl groups excluding tert-OH is 1. The van der Waals surface area contributed by atoms with Crippen molar-refractivity contribution in [3.8, 4) is 5.75 Å². The van der Waals surface area contributed by atoms with Crippen molar-refractivity contribution in [2.75, 3.05) is 33.0 Å². The minimum atomic E-state index is -0.500. The second-order valence-electron chi connectivity index (χ2n) is 3.76. The van der Waals surface area contributed by atoms with Crippen LogP contribution in [-0.4, -0.2) is 43.4 Å². The second kappa shape index (κ2) is 5.58. The SMILES string of the molecule is CN(C)C[C@@H](O)COc1ccccc1N. The average Bonchev–Trinajstić information content (AvgIpc) is 2.15. The topological polar surface area (TPSA) is 58.7 Å². The lowest BCUT2D eigenvalue weighted by Gasteiger charge is -2.17. The molecule has 1 atom stereocenters. The van der Waals surface area contributed by atoms with Crippen LogP contribution in [-0.2, 0) is 0 Å². The Hall–Kier alpha value is -1.26. The third-order valence-corrected chi connectivity index (χ3v) is 1.93. The highest BCUT2D eigenvalue weighted by atomic mass is 16.5. The Morgan fingerprint density at radius 3 is 2.67 bits per heavy atom. The molecule has 1 aromatic rings. The highest BCUT2D eigenvalue weighted by molar-refractivity contribution is 5.51. The molecule has 0 unspecified atom stereocenters. The van der Waals surface area contributed by atoms with E-state index in [-0.39, 0.29) is 6.61 Å². The maximum atomic E-state index is 9.56. The highest BCUT2D eigenvalue weighted by Crippen LogP contribution is 2.19. The third kappa shape index (κ3) is 4.18. The second-order valence-corrected chi connectivity index (χ2v) is 3.76. The molecule has 1 rings (SSSR count). The van der Waals surface area contributed by atoms with E-state index in [9.17, 15) is 5.11 Å². The zero-order valence-electron chi connectivity index (χ0n) is 9.18. The number of para-hydroxylation sites is 2. The van der Waals surface area contributed by atoms with Gasteiger partial charge in [0.2, 0.25) is 0 Å². The number of anilines is 1. The van der Waals surface area contributed by atoms with Gasteiger partial charge in [0.25, 0.3) is 0 Å². The van der Waals surface area contributed by atoms with Crippen molar-refractivity contribution in [3.05, 3.63) is 24.3 Å². The Morgan fingerprint density at radius 1 is 1.40 bits per heavy atom. The summed E-state index contributed by atoms with van der Waals surface area (Å²) in [6.45, 7) is 0.832. The largest absolute Gasteiger partial charge is 0.489 e. The number of aliphatic hydroxyl groups is 1. The Morgan fingerprint density at radius 2 is 2.07 bits per heavy atom. The molecule has 0 aliphatic heterocycles. The van der Waals surface area contributed by atoms with Gasteiger partial charge in [-0.1, -0.05) is 12.1 Å². The van der Waals surface area contributed by atoms with Gasteiger partial charge in [-0.05, 0) is 26.2 Å². The summed E-state index contributed by atoms with van der Waals surface area (Å²) >= 11 is 0. The van der Waals surface area contributed by atoms with E-state index < -0.39 is 6.10 Å². The van der Waals surface area contributed by atoms with Gasteiger partial charge in [0, 0.05) is 6.54 Å². The summed E-state index contributed by atoms with van der Waals surface area (Å²) in [6, 6.07) is 7.26. The smallest absolute Gasteiger partial charge is 0.142 e. The molecular formula is C11H18N2O2. The van der Waals surface area contributed by atoms with E-state index in [0.717, 1.165) is 0 Å². The first-order valence-corrected chi connectivity index (χ1v) is 4.89. The van der Waals surface area contributed by atoms with Crippen molar-refractivity contribution in [3.63, 3.8) is 0 Å². The molecule has 0 aliphatic rings. The van der Waals surface area contributed by atoms with Crippen LogP contribution in [0.4, 0.5) is 5.69 Å². The van der Waals surface area contributed by atoms with E-state index >= 15 is 0 Å². The molecule has 0 fully saturated rings. The molecule has 3 N–H and O–H groups in total. The molecule has 0 saturated carbocycles. The third-order valence-electron chi connectivity index (χ3n) is 1.93. The van der Waals surface area contributed by atoms with Crippen molar-refractivity contribution in [2.24, 2.45) is 0 Å². The number of likely N-dealkylation sites (N-methyl/N-ethyl adjacent to an activating group) is 1. The van der Waals surface area contributed by atoms with Crippen LogP contribution < -0.4 is 10.5 Å². The van der Waals surface area contributed by atoms with Gasteiger partial charge in [0.15, 0.2) is 0 Å². The fourth-order valence-corrected chi connectivity index (χ4v) is 1.27. The number of benzene rings is 1. The van der Waals surface area contributed by atoms with Crippen molar-refractivity contribution in [1.82, 2.24) is 4.90 Å². The van der Waals surface area contributed by atoms with E-state index in [2.05, 4.69) is 0 Å². The molecule has 0 spiro atoms. The van der Waals surface area contributed by atoms with Crippen LogP contribution in [0.5, 0.6) is 5.75 Å². The van der Waals surface area contributed by atoms with E-state index in [0.29, 0.717) is 18.0 Å². The monoisotopic (exact) mass is 210 g/mol. The van der Waals surface area contributed by atoms with Gasteiger partial charge in [-0.25, -0.2) is 0 Å². The van der Waals surface area contributed by atoms with Crippen LogP contribution in [0.3, 0.4) is 0 Å². The van der Waals surface area contributed by atoms with Crippen molar-refractivity contribution in [1.29, 1.82) is 0 Å². The molecular weight excluding hydrogens is 192 g/mol. The van der Waals surface area contributed by atoms with Crippen LogP contribution in [0.15, 0.2) is 24.3 Å². The predicted octanol–water partition coefficient (Wildman–Crippen LogP) is 0.570. The summed E-state index contributed by atoms with van der Waals surface area (Å²) in [5.74, 6) is 0.621. The number of rotatable bonds is 5. The lowest BCUT2D eigenvalue weighted by molar-refractivity contribution is 0.0834. The Labute approximate surface area is 90.3 Å². The summed E-state index contributed by atoms with van der Waals surface area (Å²) in [6.07, 6.45) is -0.500. The first-order valence-electron chi connectivity index (χ1n) is 4.89. The van der Waals surface area contributed by atoms with Crippen molar-refractivity contribution < 1.29 is 9.84 Å². The number of nitrogens with zero attached hydrogens (tertiary/aromatic N) is 1. The zero-order valence-corrected chi connectivity index (χ0v) is 9.18. The molecule has 15 heavy (non-hydrogen) atoms. The lowest BCUT2D eigenvalue weighted by atomic mass is 10.3. The van der Waals surface area contributed by atoms with Gasteiger partial charge in [0.1, 0.15) is 18.5 Å². The number of nitrogens with two attached hydrogens (primary N) is 1. The quantitative estimate of drug-likeness (QED) is 0.698. The maximum absolute atomic E-state index is 9.56. The van der Waals surface area contributed by atoms with Gasteiger partial charge in [-0.15, -0.1) is 0 Å². The van der Waals surface area contributed by atoms with Crippen LogP contribution >= 0.6 is 0 Å². The minimum Gasteiger partial charge on any atom is -0.489 e. The fraction of sp³-hybridized carbons (Fsp3) is 0.455. The molecule has 0 aliphatic carbocycles. The lowest BCUT2D eigenvalue weighted by Crippen LogP contribution is -2.30. The van der Waals surface area contributed by atoms with Gasteiger partial charge >= 0.3 is 0 Å². The van der Waals surface area contributed by atoms with E-state index in [1.54, 1.807) is 12.1 Å². The highest BCUT2D eigenvalue weighted by Gasteiger charge is 2.07. The normalized spacial score (nSPS) is 12.8. The molecule has 84 valence electrons. The summed E-state index contributed by atoms with van der Waals surface area (Å²) in [7, 11) is 3.81. The van der Waals surface area contributed by atoms with E-state index in [1.165, 1.54) is 0 Å². The van der Waals surface area contributed by atoms with E-state index in [1.807, 2.05) is 31.1 Å². The number of hydrogen-bond acceptors (Lipinski definition) is 4. The summed E-state index contributed by atoms with van der Waals surface area (Å²) in [5.41, 5.74) is 6.28. The van der Waals surface area contributed by atoms with Crippen LogP contribution in [0, 0.1) is 0 Å². The maximum Gasteiger partial charge on any atom is 0.142 e. The zero-order chi connectivity index (χ0) is 11.3. The van der Waals surface area contributed by atoms with Gasteiger partial charge < -0.3 is 20.5 Å². The van der Waals surface area contributed by atoms with Crippen LogP contribution in [0.25, 0.3) is 0 Å². The molecule has 0 aromatic heterocycles. The van der Waals surface area contributed by atoms with Gasteiger partial charge in [-0.2, -0.15) is 0 Å². The van der Waals surface area contributed by atoms with E-state index in [4.69, 9.17) is 10.5 Å².